The molecule has 2 aromatic carbocycles. The summed E-state index contributed by atoms with van der Waals surface area (Å²) in [7, 11) is -3.36. The largest absolute Gasteiger partial charge is 0.418 e. The third-order valence-electron chi connectivity index (χ3n) is 4.88. The molecule has 2 N–H and O–H groups in total. The number of nitrogens with one attached hydrogen (secondary N) is 2. The minimum atomic E-state index is -4.57. The number of sulfone groups is 1. The van der Waals surface area contributed by atoms with Crippen molar-refractivity contribution in [2.75, 3.05) is 17.2 Å². The molecule has 1 fully saturated rings. The van der Waals surface area contributed by atoms with Crippen LogP contribution in [0, 0.1) is 0 Å². The summed E-state index contributed by atoms with van der Waals surface area (Å²) in [4.78, 5) is 12.3. The van der Waals surface area contributed by atoms with Crippen LogP contribution in [0.4, 0.5) is 24.5 Å². The fraction of sp³-hybridized carbons (Fsp3) is 0.350. The minimum absolute atomic E-state index is 0.235. The number of hydrogen-bond donors (Lipinski definition) is 2. The predicted molar refractivity (Wildman–Crippen MR) is 104 cm³/mol. The number of amides is 1. The third kappa shape index (κ3) is 5.09. The Morgan fingerprint density at radius 2 is 1.62 bits per heavy atom. The molecule has 1 aliphatic carbocycles. The van der Waals surface area contributed by atoms with Gasteiger partial charge in [0, 0.05) is 5.69 Å². The molecule has 0 atom stereocenters. The maximum absolute atomic E-state index is 13.0. The van der Waals surface area contributed by atoms with E-state index in [9.17, 15) is 26.4 Å². The van der Waals surface area contributed by atoms with Gasteiger partial charge in [0.05, 0.1) is 27.9 Å². The molecule has 1 aliphatic rings. The molecule has 156 valence electrons. The molecule has 0 aromatic heterocycles. The maximum Gasteiger partial charge on any atom is 0.418 e. The highest BCUT2D eigenvalue weighted by atomic mass is 32.2. The van der Waals surface area contributed by atoms with Crippen LogP contribution in [0.3, 0.4) is 0 Å². The summed E-state index contributed by atoms with van der Waals surface area (Å²) in [6, 6.07) is 10.8. The second kappa shape index (κ2) is 8.44. The molecule has 0 radical (unpaired) electrons. The molecule has 0 heterocycles. The van der Waals surface area contributed by atoms with E-state index in [0.717, 1.165) is 18.9 Å². The van der Waals surface area contributed by atoms with Crippen LogP contribution in [0.5, 0.6) is 0 Å². The Morgan fingerprint density at radius 3 is 2.24 bits per heavy atom. The molecule has 2 aromatic rings. The Morgan fingerprint density at radius 1 is 1.00 bits per heavy atom. The summed E-state index contributed by atoms with van der Waals surface area (Å²) in [6.07, 6.45) is -1.41. The SMILES string of the molecule is O=C(CNc1ccc(S(=O)(=O)C2CCCC2)cc1)Nc1ccccc1C(F)(F)F. The smallest absolute Gasteiger partial charge is 0.376 e. The molecule has 0 unspecified atom stereocenters. The molecule has 3 rings (SSSR count). The molecule has 1 amide bonds. The van der Waals surface area contributed by atoms with Gasteiger partial charge in [-0.1, -0.05) is 25.0 Å². The van der Waals surface area contributed by atoms with Crippen LogP contribution in [0.1, 0.15) is 31.2 Å². The van der Waals surface area contributed by atoms with E-state index in [4.69, 9.17) is 0 Å². The van der Waals surface area contributed by atoms with Gasteiger partial charge in [-0.15, -0.1) is 0 Å². The van der Waals surface area contributed by atoms with E-state index in [1.54, 1.807) is 12.1 Å². The molecular formula is C20H21F3N2O3S. The zero-order valence-electron chi connectivity index (χ0n) is 15.5. The van der Waals surface area contributed by atoms with Gasteiger partial charge >= 0.3 is 6.18 Å². The number of alkyl halides is 3. The average Bonchev–Trinajstić information content (AvgIpc) is 3.22. The van der Waals surface area contributed by atoms with Gasteiger partial charge in [0.1, 0.15) is 0 Å². The highest BCUT2D eigenvalue weighted by molar-refractivity contribution is 7.92. The summed E-state index contributed by atoms with van der Waals surface area (Å²) in [5, 5.41) is 4.68. The lowest BCUT2D eigenvalue weighted by Gasteiger charge is -2.14. The van der Waals surface area contributed by atoms with Crippen LogP contribution in [0.25, 0.3) is 0 Å². The zero-order chi connectivity index (χ0) is 21.1. The average molecular weight is 426 g/mol. The van der Waals surface area contributed by atoms with Gasteiger partial charge in [-0.05, 0) is 49.2 Å². The number of anilines is 2. The normalized spacial score (nSPS) is 15.3. The Hall–Kier alpha value is -2.55. The van der Waals surface area contributed by atoms with E-state index in [2.05, 4.69) is 10.6 Å². The van der Waals surface area contributed by atoms with Gasteiger partial charge in [-0.3, -0.25) is 4.79 Å². The lowest BCUT2D eigenvalue weighted by molar-refractivity contribution is -0.137. The Labute approximate surface area is 167 Å². The van der Waals surface area contributed by atoms with Crippen LogP contribution in [-0.2, 0) is 20.8 Å². The second-order valence-electron chi connectivity index (χ2n) is 6.92. The monoisotopic (exact) mass is 426 g/mol. The lowest BCUT2D eigenvalue weighted by Crippen LogP contribution is -2.23. The standard InChI is InChI=1S/C20H21F3N2O3S/c21-20(22,23)17-7-3-4-8-18(17)25-19(26)13-24-14-9-11-16(12-10-14)29(27,28)15-5-1-2-6-15/h3-4,7-12,15,24H,1-2,5-6,13H2,(H,25,26). The summed E-state index contributed by atoms with van der Waals surface area (Å²) < 4.78 is 64.0. The molecule has 0 saturated heterocycles. The van der Waals surface area contributed by atoms with Crippen molar-refractivity contribution >= 4 is 27.1 Å². The minimum Gasteiger partial charge on any atom is -0.376 e. The first kappa shape index (κ1) is 21.2. The zero-order valence-corrected chi connectivity index (χ0v) is 16.3. The number of carbonyl (C=O) groups excluding carboxylic acids is 1. The van der Waals surface area contributed by atoms with E-state index in [1.807, 2.05) is 0 Å². The first-order valence-corrected chi connectivity index (χ1v) is 10.8. The number of carbonyl (C=O) groups is 1. The number of benzene rings is 2. The molecular weight excluding hydrogens is 405 g/mol. The summed E-state index contributed by atoms with van der Waals surface area (Å²) in [5.41, 5.74) is -0.741. The van der Waals surface area contributed by atoms with Crippen molar-refractivity contribution < 1.29 is 26.4 Å². The Balaban J connectivity index is 1.60. The van der Waals surface area contributed by atoms with E-state index < -0.39 is 27.5 Å². The van der Waals surface area contributed by atoms with Crippen molar-refractivity contribution in [2.45, 2.75) is 42.0 Å². The number of halogens is 3. The second-order valence-corrected chi connectivity index (χ2v) is 9.15. The molecule has 29 heavy (non-hydrogen) atoms. The van der Waals surface area contributed by atoms with Crippen LogP contribution in [-0.4, -0.2) is 26.1 Å². The van der Waals surface area contributed by atoms with Crippen LogP contribution < -0.4 is 10.6 Å². The third-order valence-corrected chi connectivity index (χ3v) is 7.16. The summed E-state index contributed by atoms with van der Waals surface area (Å²) >= 11 is 0. The quantitative estimate of drug-likeness (QED) is 0.715. The molecule has 1 saturated carbocycles. The predicted octanol–water partition coefficient (Wildman–Crippen LogP) is 4.47. The van der Waals surface area contributed by atoms with Gasteiger partial charge in [0.15, 0.2) is 9.84 Å². The van der Waals surface area contributed by atoms with E-state index >= 15 is 0 Å². The highest BCUT2D eigenvalue weighted by Crippen LogP contribution is 2.34. The number of rotatable bonds is 6. The summed E-state index contributed by atoms with van der Waals surface area (Å²) in [6.45, 7) is -0.263. The maximum atomic E-state index is 13.0. The van der Waals surface area contributed by atoms with E-state index in [0.29, 0.717) is 18.5 Å². The molecule has 5 nitrogen and oxygen atoms in total. The van der Waals surface area contributed by atoms with Crippen LogP contribution in [0.2, 0.25) is 0 Å². The van der Waals surface area contributed by atoms with Crippen LogP contribution >= 0.6 is 0 Å². The summed E-state index contributed by atoms with van der Waals surface area (Å²) in [5.74, 6) is -0.649. The Kier molecular flexibility index (Phi) is 6.16. The van der Waals surface area contributed by atoms with E-state index in [1.165, 1.54) is 30.3 Å². The van der Waals surface area contributed by atoms with Crippen molar-refractivity contribution in [1.29, 1.82) is 0 Å². The van der Waals surface area contributed by atoms with Gasteiger partial charge in [-0.2, -0.15) is 13.2 Å². The molecule has 0 spiro atoms. The highest BCUT2D eigenvalue weighted by Gasteiger charge is 2.33. The van der Waals surface area contributed by atoms with Crippen LogP contribution in [0.15, 0.2) is 53.4 Å². The topological polar surface area (TPSA) is 75.3 Å². The van der Waals surface area contributed by atoms with E-state index in [-0.39, 0.29) is 22.4 Å². The van der Waals surface area contributed by atoms with Gasteiger partial charge < -0.3 is 10.6 Å². The van der Waals surface area contributed by atoms with Gasteiger partial charge in [0.2, 0.25) is 5.91 Å². The van der Waals surface area contributed by atoms with Crippen molar-refractivity contribution in [3.8, 4) is 0 Å². The fourth-order valence-electron chi connectivity index (χ4n) is 3.37. The van der Waals surface area contributed by atoms with Gasteiger partial charge in [0.25, 0.3) is 0 Å². The van der Waals surface area contributed by atoms with Gasteiger partial charge in [-0.25, -0.2) is 8.42 Å². The van der Waals surface area contributed by atoms with Crippen molar-refractivity contribution in [3.05, 3.63) is 54.1 Å². The Bertz CT molecular complexity index is 967. The number of hydrogen-bond acceptors (Lipinski definition) is 4. The molecule has 9 heteroatoms. The number of para-hydroxylation sites is 1. The van der Waals surface area contributed by atoms with Crippen molar-refractivity contribution in [3.63, 3.8) is 0 Å². The van der Waals surface area contributed by atoms with Crippen molar-refractivity contribution in [1.82, 2.24) is 0 Å². The lowest BCUT2D eigenvalue weighted by atomic mass is 10.1. The molecule has 0 aliphatic heterocycles. The molecule has 0 bridgehead atoms. The fourth-order valence-corrected chi connectivity index (χ4v) is 5.22. The van der Waals surface area contributed by atoms with Crippen molar-refractivity contribution in [2.24, 2.45) is 0 Å². The first-order valence-electron chi connectivity index (χ1n) is 9.22. The first-order chi connectivity index (χ1) is 13.7.